The van der Waals surface area contributed by atoms with E-state index in [1.807, 2.05) is 6.07 Å². The van der Waals surface area contributed by atoms with Gasteiger partial charge >= 0.3 is 12.1 Å². The number of rotatable bonds is 3. The molecule has 0 bridgehead atoms. The van der Waals surface area contributed by atoms with Gasteiger partial charge in [-0.2, -0.15) is 0 Å². The Morgan fingerprint density at radius 3 is 2.40 bits per heavy atom. The number of carbonyl (C=O) groups is 3. The average molecular weight is 482 g/mol. The standard InChI is InChI=1S/C26H31N3O6/c1-26(2,3)35-25(33)29-20-12-9-17(24(31)32)14-21(20)28(15-18-6-5-13-27-22(18)29)23(30)16-7-10-19(34-4)11-8-16/h5-6,9,12-14,16,19H,7-8,10-11,15H2,1-4H3,(H,31,32). The zero-order chi connectivity index (χ0) is 25.3. The highest BCUT2D eigenvalue weighted by Crippen LogP contribution is 2.42. The summed E-state index contributed by atoms with van der Waals surface area (Å²) in [6, 6.07) is 7.95. The number of aromatic nitrogens is 1. The summed E-state index contributed by atoms with van der Waals surface area (Å²) in [4.78, 5) is 46.4. The normalized spacial score (nSPS) is 19.9. The number of amides is 2. The third-order valence-electron chi connectivity index (χ3n) is 6.36. The predicted octanol–water partition coefficient (Wildman–Crippen LogP) is 4.90. The number of fused-ring (bicyclic) bond motifs is 2. The van der Waals surface area contributed by atoms with Crippen molar-refractivity contribution in [2.75, 3.05) is 16.9 Å². The van der Waals surface area contributed by atoms with E-state index in [2.05, 4.69) is 4.98 Å². The molecule has 1 aliphatic heterocycles. The largest absolute Gasteiger partial charge is 0.478 e. The summed E-state index contributed by atoms with van der Waals surface area (Å²) >= 11 is 0. The van der Waals surface area contributed by atoms with Crippen LogP contribution in [0.2, 0.25) is 0 Å². The van der Waals surface area contributed by atoms with Gasteiger partial charge in [0.05, 0.1) is 29.6 Å². The molecule has 1 aliphatic carbocycles. The van der Waals surface area contributed by atoms with Crippen LogP contribution in [0.3, 0.4) is 0 Å². The van der Waals surface area contributed by atoms with Gasteiger partial charge in [0.15, 0.2) is 0 Å². The number of anilines is 3. The van der Waals surface area contributed by atoms with Crippen LogP contribution in [-0.4, -0.2) is 46.9 Å². The second kappa shape index (κ2) is 9.65. The van der Waals surface area contributed by atoms with Gasteiger partial charge in [0, 0.05) is 24.8 Å². The van der Waals surface area contributed by atoms with E-state index >= 15 is 0 Å². The van der Waals surface area contributed by atoms with Crippen LogP contribution in [0.1, 0.15) is 62.4 Å². The van der Waals surface area contributed by atoms with Gasteiger partial charge in [0.2, 0.25) is 5.91 Å². The monoisotopic (exact) mass is 481 g/mol. The van der Waals surface area contributed by atoms with E-state index in [1.54, 1.807) is 45.0 Å². The molecule has 0 saturated heterocycles. The molecule has 1 fully saturated rings. The Labute approximate surface area is 204 Å². The van der Waals surface area contributed by atoms with E-state index < -0.39 is 17.7 Å². The van der Waals surface area contributed by atoms with Gasteiger partial charge in [-0.05, 0) is 70.7 Å². The highest BCUT2D eigenvalue weighted by molar-refractivity contribution is 6.07. The van der Waals surface area contributed by atoms with Crippen LogP contribution in [-0.2, 0) is 20.8 Å². The topological polar surface area (TPSA) is 109 Å². The van der Waals surface area contributed by atoms with Crippen LogP contribution < -0.4 is 9.80 Å². The molecular weight excluding hydrogens is 450 g/mol. The molecule has 0 radical (unpaired) electrons. The number of ether oxygens (including phenoxy) is 2. The molecule has 1 N–H and O–H groups in total. The first-order valence-corrected chi connectivity index (χ1v) is 11.8. The first-order valence-electron chi connectivity index (χ1n) is 11.8. The Morgan fingerprint density at radius 2 is 1.77 bits per heavy atom. The number of methoxy groups -OCH3 is 1. The van der Waals surface area contributed by atoms with Gasteiger partial charge in [0.1, 0.15) is 11.4 Å². The molecule has 2 aromatic rings. The fourth-order valence-electron chi connectivity index (χ4n) is 4.64. The maximum absolute atomic E-state index is 13.8. The molecule has 1 saturated carbocycles. The van der Waals surface area contributed by atoms with Gasteiger partial charge in [-0.15, -0.1) is 0 Å². The molecule has 9 nitrogen and oxygen atoms in total. The van der Waals surface area contributed by atoms with E-state index in [9.17, 15) is 19.5 Å². The van der Waals surface area contributed by atoms with Crippen LogP contribution in [0, 0.1) is 5.92 Å². The lowest BCUT2D eigenvalue weighted by Gasteiger charge is -2.32. The first kappa shape index (κ1) is 24.7. The molecule has 0 spiro atoms. The number of nitrogens with zero attached hydrogens (tertiary/aromatic N) is 3. The van der Waals surface area contributed by atoms with Crippen LogP contribution >= 0.6 is 0 Å². The Hall–Kier alpha value is -3.46. The van der Waals surface area contributed by atoms with Crippen LogP contribution in [0.4, 0.5) is 22.0 Å². The van der Waals surface area contributed by atoms with Crippen molar-refractivity contribution in [2.24, 2.45) is 5.92 Å². The summed E-state index contributed by atoms with van der Waals surface area (Å²) in [5.74, 6) is -1.10. The van der Waals surface area contributed by atoms with Crippen molar-refractivity contribution >= 4 is 35.2 Å². The molecule has 4 rings (SSSR count). The Balaban J connectivity index is 1.83. The molecule has 1 aromatic heterocycles. The number of carboxylic acids is 1. The molecule has 9 heteroatoms. The predicted molar refractivity (Wildman–Crippen MR) is 130 cm³/mol. The van der Waals surface area contributed by atoms with Crippen molar-refractivity contribution in [1.82, 2.24) is 4.98 Å². The number of benzene rings is 1. The van der Waals surface area contributed by atoms with Crippen LogP contribution in [0.5, 0.6) is 0 Å². The highest BCUT2D eigenvalue weighted by Gasteiger charge is 2.38. The first-order chi connectivity index (χ1) is 16.6. The number of aromatic carboxylic acids is 1. The van der Waals surface area contributed by atoms with Gasteiger partial charge in [-0.25, -0.2) is 19.5 Å². The third kappa shape index (κ3) is 5.14. The SMILES string of the molecule is COC1CCC(C(=O)N2Cc3cccnc3N(C(=O)OC(C)(C)C)c3ccc(C(=O)O)cc32)CC1. The van der Waals surface area contributed by atoms with E-state index in [-0.39, 0.29) is 30.0 Å². The summed E-state index contributed by atoms with van der Waals surface area (Å²) in [6.45, 7) is 5.45. The second-order valence-corrected chi connectivity index (χ2v) is 9.94. The van der Waals surface area contributed by atoms with Gasteiger partial charge < -0.3 is 19.5 Å². The summed E-state index contributed by atoms with van der Waals surface area (Å²) < 4.78 is 11.1. The third-order valence-corrected chi connectivity index (χ3v) is 6.36. The molecule has 2 amide bonds. The Morgan fingerprint density at radius 1 is 1.06 bits per heavy atom. The number of carboxylic acid groups (broad SMARTS) is 1. The quantitative estimate of drug-likeness (QED) is 0.664. The lowest BCUT2D eigenvalue weighted by atomic mass is 9.86. The van der Waals surface area contributed by atoms with Gasteiger partial charge in [-0.1, -0.05) is 6.07 Å². The number of pyridine rings is 1. The molecule has 2 aliphatic rings. The summed E-state index contributed by atoms with van der Waals surface area (Å²) in [5, 5.41) is 9.65. The lowest BCUT2D eigenvalue weighted by molar-refractivity contribution is -0.124. The minimum absolute atomic E-state index is 0.0210. The Kier molecular flexibility index (Phi) is 6.80. The number of hydrogen-bond acceptors (Lipinski definition) is 6. The van der Waals surface area contributed by atoms with Crippen molar-refractivity contribution in [1.29, 1.82) is 0 Å². The zero-order valence-electron chi connectivity index (χ0n) is 20.5. The van der Waals surface area contributed by atoms with Crippen molar-refractivity contribution in [3.05, 3.63) is 47.7 Å². The molecule has 2 heterocycles. The molecule has 0 atom stereocenters. The van der Waals surface area contributed by atoms with Crippen molar-refractivity contribution in [3.8, 4) is 0 Å². The zero-order valence-corrected chi connectivity index (χ0v) is 20.5. The van der Waals surface area contributed by atoms with Crippen LogP contribution in [0.15, 0.2) is 36.5 Å². The van der Waals surface area contributed by atoms with Gasteiger partial charge in [0.25, 0.3) is 0 Å². The molecule has 1 aromatic carbocycles. The summed E-state index contributed by atoms with van der Waals surface area (Å²) in [6.07, 6.45) is 3.98. The smallest absolute Gasteiger partial charge is 0.420 e. The van der Waals surface area contributed by atoms with Crippen molar-refractivity contribution in [3.63, 3.8) is 0 Å². The number of carbonyl (C=O) groups excluding carboxylic acids is 2. The van der Waals surface area contributed by atoms with E-state index in [1.165, 1.54) is 23.1 Å². The molecule has 186 valence electrons. The van der Waals surface area contributed by atoms with Crippen molar-refractivity contribution in [2.45, 2.75) is 64.7 Å². The van der Waals surface area contributed by atoms with Crippen molar-refractivity contribution < 1.29 is 29.0 Å². The van der Waals surface area contributed by atoms with E-state index in [0.717, 1.165) is 12.8 Å². The van der Waals surface area contributed by atoms with Gasteiger partial charge in [-0.3, -0.25) is 4.79 Å². The highest BCUT2D eigenvalue weighted by atomic mass is 16.6. The minimum Gasteiger partial charge on any atom is -0.478 e. The molecule has 35 heavy (non-hydrogen) atoms. The summed E-state index contributed by atoms with van der Waals surface area (Å²) in [7, 11) is 1.68. The maximum atomic E-state index is 13.8. The lowest BCUT2D eigenvalue weighted by Crippen LogP contribution is -2.38. The fourth-order valence-corrected chi connectivity index (χ4v) is 4.64. The summed E-state index contributed by atoms with van der Waals surface area (Å²) in [5.41, 5.74) is 0.598. The van der Waals surface area contributed by atoms with E-state index in [0.29, 0.717) is 35.6 Å². The Bertz CT molecular complexity index is 1130. The fraction of sp³-hybridized carbons (Fsp3) is 0.462. The molecule has 0 unspecified atom stereocenters. The van der Waals surface area contributed by atoms with E-state index in [4.69, 9.17) is 9.47 Å². The maximum Gasteiger partial charge on any atom is 0.420 e. The second-order valence-electron chi connectivity index (χ2n) is 9.94. The minimum atomic E-state index is -1.12. The number of hydrogen-bond donors (Lipinski definition) is 1. The average Bonchev–Trinajstić information content (AvgIpc) is 2.96. The van der Waals surface area contributed by atoms with Crippen LogP contribution in [0.25, 0.3) is 0 Å². The molecular formula is C26H31N3O6.